The van der Waals surface area contributed by atoms with Crippen molar-refractivity contribution in [3.8, 4) is 0 Å². The molecular weight excluding hydrogens is 306 g/mol. The lowest BCUT2D eigenvalue weighted by molar-refractivity contribution is 0.0192. The van der Waals surface area contributed by atoms with Gasteiger partial charge in [0.1, 0.15) is 5.60 Å². The molecule has 2 aliphatic rings. The molecule has 0 aliphatic carbocycles. The van der Waals surface area contributed by atoms with Crippen molar-refractivity contribution in [1.82, 2.24) is 14.5 Å². The quantitative estimate of drug-likeness (QED) is 0.801. The van der Waals surface area contributed by atoms with Crippen LogP contribution in [-0.2, 0) is 14.8 Å². The van der Waals surface area contributed by atoms with Gasteiger partial charge in [0.15, 0.2) is 0 Å². The van der Waals surface area contributed by atoms with Gasteiger partial charge in [0.25, 0.3) is 0 Å². The second-order valence-electron chi connectivity index (χ2n) is 6.86. The van der Waals surface area contributed by atoms with Crippen molar-refractivity contribution in [2.24, 2.45) is 0 Å². The van der Waals surface area contributed by atoms with Crippen molar-refractivity contribution in [3.05, 3.63) is 0 Å². The first-order valence-electron chi connectivity index (χ1n) is 7.88. The number of amides is 1. The maximum absolute atomic E-state index is 12.6. The fraction of sp³-hybridized carbons (Fsp3) is 0.929. The highest BCUT2D eigenvalue weighted by Crippen LogP contribution is 2.20. The Morgan fingerprint density at radius 2 is 1.64 bits per heavy atom. The molecule has 2 fully saturated rings. The van der Waals surface area contributed by atoms with Crippen molar-refractivity contribution in [3.63, 3.8) is 0 Å². The lowest BCUT2D eigenvalue weighted by atomic mass is 10.2. The summed E-state index contributed by atoms with van der Waals surface area (Å²) in [4.78, 5) is 13.6. The molecule has 1 amide bonds. The van der Waals surface area contributed by atoms with E-state index in [1.807, 2.05) is 20.8 Å². The predicted molar refractivity (Wildman–Crippen MR) is 84.2 cm³/mol. The standard InChI is InChI=1S/C14H27N3O4S/c1-14(2,3)21-13(18)16-8-10-17(11-9-16)22(19,20)12-4-6-15-7-5-12/h12,15H,4-11H2,1-3H3. The van der Waals surface area contributed by atoms with Gasteiger partial charge in [-0.15, -0.1) is 0 Å². The van der Waals surface area contributed by atoms with Crippen molar-refractivity contribution in [2.75, 3.05) is 39.3 Å². The average molecular weight is 333 g/mol. The highest BCUT2D eigenvalue weighted by atomic mass is 32.2. The van der Waals surface area contributed by atoms with E-state index in [0.29, 0.717) is 39.0 Å². The summed E-state index contributed by atoms with van der Waals surface area (Å²) in [7, 11) is -3.25. The first-order valence-corrected chi connectivity index (χ1v) is 9.38. The molecule has 0 spiro atoms. The fourth-order valence-corrected chi connectivity index (χ4v) is 4.68. The lowest BCUT2D eigenvalue weighted by Crippen LogP contribution is -2.54. The molecule has 1 N–H and O–H groups in total. The van der Waals surface area contributed by atoms with Crippen LogP contribution in [0.15, 0.2) is 0 Å². The molecule has 0 saturated carbocycles. The van der Waals surface area contributed by atoms with Gasteiger partial charge in [-0.05, 0) is 46.7 Å². The largest absolute Gasteiger partial charge is 0.444 e. The van der Waals surface area contributed by atoms with Gasteiger partial charge < -0.3 is 15.0 Å². The molecule has 0 aromatic heterocycles. The third kappa shape index (κ3) is 4.33. The Labute approximate surface area is 133 Å². The third-order valence-corrected chi connectivity index (χ3v) is 6.36. The van der Waals surface area contributed by atoms with E-state index in [9.17, 15) is 13.2 Å². The summed E-state index contributed by atoms with van der Waals surface area (Å²) in [5.41, 5.74) is -0.532. The van der Waals surface area contributed by atoms with Gasteiger partial charge in [0.2, 0.25) is 10.0 Å². The number of sulfonamides is 1. The van der Waals surface area contributed by atoms with Gasteiger partial charge in [-0.25, -0.2) is 13.2 Å². The Bertz CT molecular complexity index is 487. The maximum Gasteiger partial charge on any atom is 0.410 e. The molecule has 2 saturated heterocycles. The van der Waals surface area contributed by atoms with E-state index in [1.165, 1.54) is 4.31 Å². The second-order valence-corrected chi connectivity index (χ2v) is 9.07. The minimum absolute atomic E-state index is 0.290. The number of carbonyl (C=O) groups excluding carboxylic acids is 1. The number of nitrogens with zero attached hydrogens (tertiary/aromatic N) is 2. The first kappa shape index (κ1) is 17.5. The van der Waals surface area contributed by atoms with Crippen LogP contribution in [0.4, 0.5) is 4.79 Å². The van der Waals surface area contributed by atoms with Crippen LogP contribution < -0.4 is 5.32 Å². The molecule has 0 aromatic carbocycles. The summed E-state index contributed by atoms with van der Waals surface area (Å²) in [5, 5.41) is 2.89. The molecule has 128 valence electrons. The zero-order valence-corrected chi connectivity index (χ0v) is 14.5. The normalized spacial score (nSPS) is 22.6. The van der Waals surface area contributed by atoms with Crippen LogP contribution in [0.3, 0.4) is 0 Å². The SMILES string of the molecule is CC(C)(C)OC(=O)N1CCN(S(=O)(=O)C2CCNCC2)CC1. The molecular formula is C14H27N3O4S. The van der Waals surface area contributed by atoms with Gasteiger partial charge in [0, 0.05) is 26.2 Å². The van der Waals surface area contributed by atoms with E-state index >= 15 is 0 Å². The molecule has 0 atom stereocenters. The van der Waals surface area contributed by atoms with E-state index in [4.69, 9.17) is 4.74 Å². The van der Waals surface area contributed by atoms with Crippen molar-refractivity contribution in [1.29, 1.82) is 0 Å². The Morgan fingerprint density at radius 3 is 2.14 bits per heavy atom. The summed E-state index contributed by atoms with van der Waals surface area (Å²) in [6.45, 7) is 8.45. The van der Waals surface area contributed by atoms with Crippen molar-refractivity contribution >= 4 is 16.1 Å². The van der Waals surface area contributed by atoms with Crippen LogP contribution in [0, 0.1) is 0 Å². The third-order valence-electron chi connectivity index (χ3n) is 3.96. The minimum atomic E-state index is -3.25. The van der Waals surface area contributed by atoms with Crippen LogP contribution in [0.1, 0.15) is 33.6 Å². The molecule has 2 rings (SSSR count). The van der Waals surface area contributed by atoms with Crippen LogP contribution in [0.5, 0.6) is 0 Å². The van der Waals surface area contributed by atoms with Crippen molar-refractivity contribution in [2.45, 2.75) is 44.5 Å². The number of nitrogens with one attached hydrogen (secondary N) is 1. The number of hydrogen-bond acceptors (Lipinski definition) is 5. The van der Waals surface area contributed by atoms with Gasteiger partial charge in [-0.3, -0.25) is 0 Å². The molecule has 0 radical (unpaired) electrons. The number of ether oxygens (including phenoxy) is 1. The smallest absolute Gasteiger partial charge is 0.410 e. The number of rotatable bonds is 2. The molecule has 0 unspecified atom stereocenters. The molecule has 0 bridgehead atoms. The summed E-state index contributed by atoms with van der Waals surface area (Å²) in [5.74, 6) is 0. The van der Waals surface area contributed by atoms with Gasteiger partial charge in [-0.2, -0.15) is 4.31 Å². The first-order chi connectivity index (χ1) is 10.2. The highest BCUT2D eigenvalue weighted by molar-refractivity contribution is 7.89. The summed E-state index contributed by atoms with van der Waals surface area (Å²) < 4.78 is 32.1. The Morgan fingerprint density at radius 1 is 1.09 bits per heavy atom. The molecule has 0 aromatic rings. The Hall–Kier alpha value is -0.860. The summed E-state index contributed by atoms with van der Waals surface area (Å²) in [6.07, 6.45) is 0.954. The second kappa shape index (κ2) is 6.72. The molecule has 7 nitrogen and oxygen atoms in total. The van der Waals surface area contributed by atoms with E-state index in [-0.39, 0.29) is 11.3 Å². The van der Waals surface area contributed by atoms with E-state index in [2.05, 4.69) is 5.32 Å². The lowest BCUT2D eigenvalue weighted by Gasteiger charge is -2.37. The zero-order chi connectivity index (χ0) is 16.4. The van der Waals surface area contributed by atoms with E-state index < -0.39 is 15.6 Å². The van der Waals surface area contributed by atoms with Gasteiger partial charge in [0.05, 0.1) is 5.25 Å². The van der Waals surface area contributed by atoms with Gasteiger partial charge in [-0.1, -0.05) is 0 Å². The Balaban J connectivity index is 1.90. The van der Waals surface area contributed by atoms with E-state index in [1.54, 1.807) is 4.90 Å². The number of carbonyl (C=O) groups is 1. The topological polar surface area (TPSA) is 79.0 Å². The molecule has 22 heavy (non-hydrogen) atoms. The van der Waals surface area contributed by atoms with Crippen LogP contribution >= 0.6 is 0 Å². The van der Waals surface area contributed by atoms with Gasteiger partial charge >= 0.3 is 6.09 Å². The molecule has 2 heterocycles. The van der Waals surface area contributed by atoms with E-state index in [0.717, 1.165) is 13.1 Å². The minimum Gasteiger partial charge on any atom is -0.444 e. The Kier molecular flexibility index (Phi) is 5.34. The maximum atomic E-state index is 12.6. The van der Waals surface area contributed by atoms with Crippen LogP contribution in [0.2, 0.25) is 0 Å². The van der Waals surface area contributed by atoms with Crippen LogP contribution in [-0.4, -0.2) is 73.8 Å². The molecule has 2 aliphatic heterocycles. The number of piperidine rings is 1. The highest BCUT2D eigenvalue weighted by Gasteiger charge is 2.36. The fourth-order valence-electron chi connectivity index (χ4n) is 2.76. The summed E-state index contributed by atoms with van der Waals surface area (Å²) in [6, 6.07) is 0. The zero-order valence-electron chi connectivity index (χ0n) is 13.7. The van der Waals surface area contributed by atoms with Crippen LogP contribution in [0.25, 0.3) is 0 Å². The molecule has 8 heteroatoms. The number of hydrogen-bond donors (Lipinski definition) is 1. The summed E-state index contributed by atoms with van der Waals surface area (Å²) >= 11 is 0. The average Bonchev–Trinajstić information content (AvgIpc) is 2.46. The number of piperazine rings is 1. The predicted octanol–water partition coefficient (Wildman–Crippen LogP) is 0.621. The van der Waals surface area contributed by atoms with Crippen molar-refractivity contribution < 1.29 is 17.9 Å². The monoisotopic (exact) mass is 333 g/mol.